The molecule has 0 bridgehead atoms. The van der Waals surface area contributed by atoms with Crippen LogP contribution in [0.4, 0.5) is 11.4 Å². The van der Waals surface area contributed by atoms with Gasteiger partial charge < -0.3 is 5.11 Å². The van der Waals surface area contributed by atoms with Crippen LogP contribution in [0.25, 0.3) is 0 Å². The Morgan fingerprint density at radius 3 is 2.45 bits per heavy atom. The quantitative estimate of drug-likeness (QED) is 0.396. The summed E-state index contributed by atoms with van der Waals surface area (Å²) >= 11 is 0. The Morgan fingerprint density at radius 2 is 1.90 bits per heavy atom. The summed E-state index contributed by atoms with van der Waals surface area (Å²) in [5.74, 6) is -0.810. The molecule has 2 aromatic carbocycles. The summed E-state index contributed by atoms with van der Waals surface area (Å²) in [6, 6.07) is 9.80. The van der Waals surface area contributed by atoms with Crippen LogP contribution < -0.4 is 18.9 Å². The molecule has 12 heteroatoms. The molecule has 0 radical (unpaired) electrons. The van der Waals surface area contributed by atoms with Gasteiger partial charge in [-0.15, -0.1) is 0 Å². The number of amides is 1. The Labute approximate surface area is 170 Å². The first-order valence-corrected chi connectivity index (χ1v) is 11.6. The van der Waals surface area contributed by atoms with E-state index in [4.69, 9.17) is 5.14 Å². The number of rotatable bonds is 6. The van der Waals surface area contributed by atoms with Crippen molar-refractivity contribution >= 4 is 38.5 Å². The van der Waals surface area contributed by atoms with Crippen molar-refractivity contribution in [2.24, 2.45) is 5.14 Å². The van der Waals surface area contributed by atoms with E-state index >= 15 is 0 Å². The molecule has 1 aliphatic rings. The van der Waals surface area contributed by atoms with Crippen molar-refractivity contribution in [3.63, 3.8) is 0 Å². The SMILES string of the molecule is CCc1ccc(NS(N)(=O)=O)c(Cc2ccc(N3CC(=O)NS3(O)O)c(O)c2)c1. The maximum Gasteiger partial charge on any atom is 0.296 e. The van der Waals surface area contributed by atoms with E-state index in [0.29, 0.717) is 16.8 Å². The van der Waals surface area contributed by atoms with Gasteiger partial charge in [0.2, 0.25) is 0 Å². The van der Waals surface area contributed by atoms with Gasteiger partial charge in [0.15, 0.2) is 0 Å². The molecule has 0 atom stereocenters. The molecule has 1 aliphatic heterocycles. The Balaban J connectivity index is 1.91. The van der Waals surface area contributed by atoms with Crippen molar-refractivity contribution < 1.29 is 27.4 Å². The zero-order valence-corrected chi connectivity index (χ0v) is 17.1. The average molecular weight is 443 g/mol. The number of hydrogen-bond donors (Lipinski definition) is 6. The minimum absolute atomic E-state index is 0.0947. The van der Waals surface area contributed by atoms with E-state index < -0.39 is 27.1 Å². The van der Waals surface area contributed by atoms with Crippen LogP contribution in [-0.4, -0.2) is 35.1 Å². The molecule has 1 heterocycles. The smallest absolute Gasteiger partial charge is 0.296 e. The molecule has 1 amide bonds. The molecule has 158 valence electrons. The van der Waals surface area contributed by atoms with Gasteiger partial charge in [0.25, 0.3) is 16.1 Å². The average Bonchev–Trinajstić information content (AvgIpc) is 2.87. The van der Waals surface area contributed by atoms with Crippen LogP contribution in [-0.2, 0) is 27.8 Å². The predicted molar refractivity (Wildman–Crippen MR) is 112 cm³/mol. The minimum atomic E-state index is -3.95. The number of nitrogens with zero attached hydrogens (tertiary/aromatic N) is 1. The zero-order valence-electron chi connectivity index (χ0n) is 15.5. The van der Waals surface area contributed by atoms with Gasteiger partial charge in [-0.25, -0.2) is 14.2 Å². The molecular weight excluding hydrogens is 420 g/mol. The summed E-state index contributed by atoms with van der Waals surface area (Å²) in [6.07, 6.45) is 1.04. The van der Waals surface area contributed by atoms with E-state index in [1.165, 1.54) is 12.1 Å². The van der Waals surface area contributed by atoms with E-state index in [-0.39, 0.29) is 24.4 Å². The summed E-state index contributed by atoms with van der Waals surface area (Å²) in [5, 5.41) is 15.5. The number of phenolic OH excluding ortho intramolecular Hbond substituents is 1. The van der Waals surface area contributed by atoms with Crippen molar-refractivity contribution in [1.82, 2.24) is 4.72 Å². The third-order valence-electron chi connectivity index (χ3n) is 4.38. The number of anilines is 2. The largest absolute Gasteiger partial charge is 0.506 e. The van der Waals surface area contributed by atoms with Crippen LogP contribution in [0.15, 0.2) is 36.4 Å². The molecular formula is C17H22N4O6S2. The zero-order chi connectivity index (χ0) is 21.4. The number of benzene rings is 2. The summed E-state index contributed by atoms with van der Waals surface area (Å²) in [7, 11) is -7.49. The minimum Gasteiger partial charge on any atom is -0.506 e. The van der Waals surface area contributed by atoms with Crippen LogP contribution in [0, 0.1) is 0 Å². The lowest BCUT2D eigenvalue weighted by Gasteiger charge is -2.36. The highest BCUT2D eigenvalue weighted by atomic mass is 32.3. The normalized spacial score (nSPS) is 17.1. The number of phenols is 1. The first-order chi connectivity index (χ1) is 13.5. The van der Waals surface area contributed by atoms with Gasteiger partial charge in [0.1, 0.15) is 18.0 Å². The number of aryl methyl sites for hydroxylation is 1. The van der Waals surface area contributed by atoms with Crippen LogP contribution in [0.3, 0.4) is 0 Å². The van der Waals surface area contributed by atoms with Crippen molar-refractivity contribution in [2.45, 2.75) is 19.8 Å². The summed E-state index contributed by atoms with van der Waals surface area (Å²) in [4.78, 5) is 11.5. The molecule has 1 fully saturated rings. The Kier molecular flexibility index (Phi) is 5.65. The molecule has 0 unspecified atom stereocenters. The van der Waals surface area contributed by atoms with Crippen molar-refractivity contribution in [1.29, 1.82) is 0 Å². The standard InChI is InChI=1S/C17H22N4O6S2/c1-2-11-3-5-14(19-28(18,24)25)13(7-11)8-12-4-6-15(16(22)9-12)21-10-17(23)20-29(21,26)27/h3-7,9,19,22,26-27H,2,8,10H2,1H3,(H,20,23)(H2,18,24,25). The number of nitrogens with two attached hydrogens (primary N) is 1. The van der Waals surface area contributed by atoms with E-state index in [1.807, 2.05) is 13.0 Å². The number of carbonyl (C=O) groups excluding carboxylic acids is 1. The second-order valence-electron chi connectivity index (χ2n) is 6.57. The van der Waals surface area contributed by atoms with Crippen molar-refractivity contribution in [2.75, 3.05) is 15.6 Å². The van der Waals surface area contributed by atoms with Gasteiger partial charge in [-0.05, 0) is 58.7 Å². The first kappa shape index (κ1) is 21.2. The van der Waals surface area contributed by atoms with Gasteiger partial charge in [-0.3, -0.25) is 18.6 Å². The lowest BCUT2D eigenvalue weighted by Crippen LogP contribution is -2.25. The fourth-order valence-corrected chi connectivity index (χ4v) is 4.77. The molecule has 3 rings (SSSR count). The maximum absolute atomic E-state index is 11.5. The lowest BCUT2D eigenvalue weighted by atomic mass is 9.99. The number of hydrogen-bond acceptors (Lipinski definition) is 7. The molecule has 2 aromatic rings. The molecule has 0 aromatic heterocycles. The van der Waals surface area contributed by atoms with Gasteiger partial charge in [0, 0.05) is 0 Å². The highest BCUT2D eigenvalue weighted by Crippen LogP contribution is 2.48. The molecule has 0 aliphatic carbocycles. The highest BCUT2D eigenvalue weighted by molar-refractivity contribution is 8.24. The number of nitrogens with one attached hydrogen (secondary N) is 2. The molecule has 0 spiro atoms. The lowest BCUT2D eigenvalue weighted by molar-refractivity contribution is -0.117. The predicted octanol–water partition coefficient (Wildman–Crippen LogP) is 1.68. The summed E-state index contributed by atoms with van der Waals surface area (Å²) in [5.41, 5.74) is 2.73. The van der Waals surface area contributed by atoms with Crippen LogP contribution in [0.1, 0.15) is 23.6 Å². The van der Waals surface area contributed by atoms with Crippen LogP contribution in [0.2, 0.25) is 0 Å². The maximum atomic E-state index is 11.5. The third-order valence-corrected chi connectivity index (χ3v) is 6.32. The van der Waals surface area contributed by atoms with Crippen molar-refractivity contribution in [3.05, 3.63) is 53.1 Å². The van der Waals surface area contributed by atoms with Crippen molar-refractivity contribution in [3.8, 4) is 5.75 Å². The summed E-state index contributed by atoms with van der Waals surface area (Å²) in [6.45, 7) is 1.67. The molecule has 29 heavy (non-hydrogen) atoms. The van der Waals surface area contributed by atoms with Crippen LogP contribution in [0.5, 0.6) is 5.75 Å². The number of carbonyl (C=O) groups is 1. The molecule has 7 N–H and O–H groups in total. The van der Waals surface area contributed by atoms with Gasteiger partial charge in [-0.2, -0.15) is 8.42 Å². The monoisotopic (exact) mass is 442 g/mol. The first-order valence-electron chi connectivity index (χ1n) is 8.59. The summed E-state index contributed by atoms with van der Waals surface area (Å²) < 4.78 is 48.1. The topological polar surface area (TPSA) is 165 Å². The van der Waals surface area contributed by atoms with E-state index in [0.717, 1.165) is 16.3 Å². The Hall–Kier alpha value is -2.51. The van der Waals surface area contributed by atoms with Gasteiger partial charge >= 0.3 is 0 Å². The molecule has 0 saturated carbocycles. The highest BCUT2D eigenvalue weighted by Gasteiger charge is 2.36. The molecule has 1 saturated heterocycles. The fraction of sp³-hybridized carbons (Fsp3) is 0.235. The van der Waals surface area contributed by atoms with Gasteiger partial charge in [0.05, 0.1) is 5.69 Å². The number of aromatic hydroxyl groups is 1. The van der Waals surface area contributed by atoms with E-state index in [1.54, 1.807) is 18.2 Å². The second kappa shape index (κ2) is 7.72. The fourth-order valence-electron chi connectivity index (χ4n) is 3.06. The van der Waals surface area contributed by atoms with Gasteiger partial charge in [-0.1, -0.05) is 25.1 Å². The third kappa shape index (κ3) is 4.92. The van der Waals surface area contributed by atoms with Crippen LogP contribution >= 0.6 is 11.0 Å². The Morgan fingerprint density at radius 1 is 1.21 bits per heavy atom. The second-order valence-corrected chi connectivity index (χ2v) is 9.55. The molecule has 10 nitrogen and oxygen atoms in total. The van der Waals surface area contributed by atoms with E-state index in [9.17, 15) is 27.4 Å². The van der Waals surface area contributed by atoms with E-state index in [2.05, 4.69) is 9.44 Å². The Bertz CT molecular complexity index is 1060.